The van der Waals surface area contributed by atoms with Crippen molar-refractivity contribution < 1.29 is 19.0 Å². The summed E-state index contributed by atoms with van der Waals surface area (Å²) in [5.41, 5.74) is 3.43. The lowest BCUT2D eigenvalue weighted by atomic mass is 10.0. The molecule has 0 saturated heterocycles. The van der Waals surface area contributed by atoms with Gasteiger partial charge in [-0.3, -0.25) is 4.79 Å². The number of rotatable bonds is 8. The molecule has 0 fully saturated rings. The van der Waals surface area contributed by atoms with Gasteiger partial charge in [0.15, 0.2) is 11.4 Å². The first kappa shape index (κ1) is 25.3. The van der Waals surface area contributed by atoms with Crippen LogP contribution in [0.1, 0.15) is 67.2 Å². The Morgan fingerprint density at radius 1 is 0.938 bits per heavy atom. The molecule has 0 aliphatic heterocycles. The van der Waals surface area contributed by atoms with Crippen LogP contribution in [-0.4, -0.2) is 24.1 Å². The molecule has 0 N–H and O–H groups in total. The van der Waals surface area contributed by atoms with Crippen molar-refractivity contribution >= 4 is 11.9 Å². The second kappa shape index (κ2) is 9.64. The molecule has 0 aliphatic rings. The Bertz CT molecular complexity index is 1010. The van der Waals surface area contributed by atoms with E-state index >= 15 is 0 Å². The number of carbonyl (C=O) groups excluding carboxylic acids is 1. The number of hydrogen-bond donors (Lipinski definition) is 0. The van der Waals surface area contributed by atoms with Crippen molar-refractivity contribution in [3.63, 3.8) is 0 Å². The third kappa shape index (κ3) is 6.49. The summed E-state index contributed by atoms with van der Waals surface area (Å²) in [7, 11) is 1.62. The van der Waals surface area contributed by atoms with Gasteiger partial charge in [0.2, 0.25) is 0 Å². The quantitative estimate of drug-likeness (QED) is 0.254. The van der Waals surface area contributed by atoms with Crippen molar-refractivity contribution in [2.24, 2.45) is 0 Å². The van der Waals surface area contributed by atoms with Gasteiger partial charge in [-0.15, -0.1) is 0 Å². The van der Waals surface area contributed by atoms with E-state index in [1.54, 1.807) is 19.3 Å². The Hall–Kier alpha value is -3.01. The molecular weight excluding hydrogens is 400 g/mol. The summed E-state index contributed by atoms with van der Waals surface area (Å²) in [4.78, 5) is 12.6. The molecule has 32 heavy (non-hydrogen) atoms. The molecule has 2 aromatic rings. The summed E-state index contributed by atoms with van der Waals surface area (Å²) in [6, 6.07) is 9.45. The van der Waals surface area contributed by atoms with Gasteiger partial charge in [0.05, 0.1) is 7.11 Å². The van der Waals surface area contributed by atoms with Gasteiger partial charge in [0, 0.05) is 5.56 Å². The maximum absolute atomic E-state index is 12.6. The molecule has 0 heterocycles. The van der Waals surface area contributed by atoms with Crippen molar-refractivity contribution in [3.8, 4) is 11.5 Å². The van der Waals surface area contributed by atoms with Crippen molar-refractivity contribution in [1.29, 1.82) is 0 Å². The van der Waals surface area contributed by atoms with E-state index < -0.39 is 5.60 Å². The van der Waals surface area contributed by atoms with E-state index in [4.69, 9.17) is 14.2 Å². The zero-order valence-corrected chi connectivity index (χ0v) is 20.9. The number of allylic oxidation sites excluding steroid dienone is 1. The standard InChI is InChI=1S/C28H36O4/c1-18-17-23(12-14-25(18)30-10)24(29)13-11-22-15-19(2)26(20(3)16-22)32-28(8,9)21(4)31-27(5,6)7/h11-17H,4H2,1-3,5-10H3/b13-11+. The van der Waals surface area contributed by atoms with Crippen LogP contribution in [0.5, 0.6) is 11.5 Å². The summed E-state index contributed by atoms with van der Waals surface area (Å²) >= 11 is 0. The Morgan fingerprint density at radius 3 is 2.03 bits per heavy atom. The zero-order chi connectivity index (χ0) is 24.3. The van der Waals surface area contributed by atoms with E-state index in [1.807, 2.05) is 85.7 Å². The molecule has 172 valence electrons. The van der Waals surface area contributed by atoms with Crippen LogP contribution in [0.25, 0.3) is 6.08 Å². The molecule has 0 spiro atoms. The van der Waals surface area contributed by atoms with Crippen molar-refractivity contribution in [1.82, 2.24) is 0 Å². The smallest absolute Gasteiger partial charge is 0.185 e. The van der Waals surface area contributed by atoms with Crippen LogP contribution in [0.3, 0.4) is 0 Å². The second-order valence-corrected chi connectivity index (χ2v) is 9.62. The fourth-order valence-corrected chi connectivity index (χ4v) is 3.35. The molecule has 0 amide bonds. The first-order chi connectivity index (χ1) is 14.7. The molecule has 0 aliphatic carbocycles. The second-order valence-electron chi connectivity index (χ2n) is 9.62. The van der Waals surface area contributed by atoms with Crippen LogP contribution in [0, 0.1) is 20.8 Å². The molecule has 0 bridgehead atoms. The van der Waals surface area contributed by atoms with Crippen LogP contribution < -0.4 is 9.47 Å². The van der Waals surface area contributed by atoms with E-state index in [-0.39, 0.29) is 11.4 Å². The minimum absolute atomic E-state index is 0.0526. The van der Waals surface area contributed by atoms with E-state index in [0.717, 1.165) is 33.8 Å². The molecule has 0 aromatic heterocycles. The number of ether oxygens (including phenoxy) is 3. The highest BCUT2D eigenvalue weighted by molar-refractivity contribution is 6.07. The SMILES string of the molecule is C=C(OC(C)(C)C)C(C)(C)Oc1c(C)cc(/C=C/C(=O)c2ccc(OC)c(C)c2)cc1C. The van der Waals surface area contributed by atoms with Gasteiger partial charge >= 0.3 is 0 Å². The van der Waals surface area contributed by atoms with Gasteiger partial charge in [-0.2, -0.15) is 0 Å². The monoisotopic (exact) mass is 436 g/mol. The third-order valence-corrected chi connectivity index (χ3v) is 5.05. The molecule has 0 saturated carbocycles. The molecule has 0 radical (unpaired) electrons. The number of methoxy groups -OCH3 is 1. The largest absolute Gasteiger partial charge is 0.496 e. The Labute approximate surface area is 192 Å². The van der Waals surface area contributed by atoms with E-state index in [1.165, 1.54) is 0 Å². The number of aryl methyl sites for hydroxylation is 3. The molecule has 0 atom stereocenters. The van der Waals surface area contributed by atoms with Gasteiger partial charge in [-0.05, 0) is 114 Å². The van der Waals surface area contributed by atoms with E-state index in [9.17, 15) is 4.79 Å². The van der Waals surface area contributed by atoms with Gasteiger partial charge in [0.25, 0.3) is 0 Å². The number of hydrogen-bond acceptors (Lipinski definition) is 4. The molecule has 2 aromatic carbocycles. The van der Waals surface area contributed by atoms with Gasteiger partial charge in [-0.25, -0.2) is 0 Å². The summed E-state index contributed by atoms with van der Waals surface area (Å²) < 4.78 is 17.5. The minimum Gasteiger partial charge on any atom is -0.496 e. The van der Waals surface area contributed by atoms with Crippen molar-refractivity contribution in [2.45, 2.75) is 66.6 Å². The fourth-order valence-electron chi connectivity index (χ4n) is 3.35. The summed E-state index contributed by atoms with van der Waals surface area (Å²) in [5.74, 6) is 2.09. The van der Waals surface area contributed by atoms with Gasteiger partial charge in [0.1, 0.15) is 22.9 Å². The van der Waals surface area contributed by atoms with Gasteiger partial charge < -0.3 is 14.2 Å². The van der Waals surface area contributed by atoms with Crippen LogP contribution >= 0.6 is 0 Å². The third-order valence-electron chi connectivity index (χ3n) is 5.05. The van der Waals surface area contributed by atoms with E-state index in [0.29, 0.717) is 11.3 Å². The summed E-state index contributed by atoms with van der Waals surface area (Å²) in [5, 5.41) is 0. The maximum atomic E-state index is 12.6. The van der Waals surface area contributed by atoms with Crippen molar-refractivity contribution in [2.75, 3.05) is 7.11 Å². The highest BCUT2D eigenvalue weighted by Crippen LogP contribution is 2.33. The zero-order valence-electron chi connectivity index (χ0n) is 20.9. The lowest BCUT2D eigenvalue weighted by Gasteiger charge is -2.34. The predicted octanol–water partition coefficient (Wildman–Crippen LogP) is 7.00. The average Bonchev–Trinajstić information content (AvgIpc) is 2.67. The van der Waals surface area contributed by atoms with Crippen LogP contribution in [0.4, 0.5) is 0 Å². The first-order valence-corrected chi connectivity index (χ1v) is 10.8. The van der Waals surface area contributed by atoms with Crippen molar-refractivity contribution in [3.05, 3.63) is 76.6 Å². The number of carbonyl (C=O) groups is 1. The van der Waals surface area contributed by atoms with Crippen LogP contribution in [0.15, 0.2) is 48.7 Å². The summed E-state index contributed by atoms with van der Waals surface area (Å²) in [6.45, 7) is 19.9. The Morgan fingerprint density at radius 2 is 1.53 bits per heavy atom. The minimum atomic E-state index is -0.692. The number of benzene rings is 2. The molecule has 2 rings (SSSR count). The van der Waals surface area contributed by atoms with Crippen LogP contribution in [0.2, 0.25) is 0 Å². The molecule has 0 unspecified atom stereocenters. The number of ketones is 1. The van der Waals surface area contributed by atoms with Crippen LogP contribution in [-0.2, 0) is 4.74 Å². The first-order valence-electron chi connectivity index (χ1n) is 10.8. The normalized spacial score (nSPS) is 12.0. The Balaban J connectivity index is 2.21. The topological polar surface area (TPSA) is 44.8 Å². The fraction of sp³-hybridized carbons (Fsp3) is 0.393. The summed E-state index contributed by atoms with van der Waals surface area (Å²) in [6.07, 6.45) is 3.43. The molecule has 4 nitrogen and oxygen atoms in total. The average molecular weight is 437 g/mol. The molecule has 4 heteroatoms. The van der Waals surface area contributed by atoms with E-state index in [2.05, 4.69) is 6.58 Å². The maximum Gasteiger partial charge on any atom is 0.185 e. The lowest BCUT2D eigenvalue weighted by molar-refractivity contribution is -0.0129. The highest BCUT2D eigenvalue weighted by Gasteiger charge is 2.30. The Kier molecular flexibility index (Phi) is 7.61. The van der Waals surface area contributed by atoms with Gasteiger partial charge in [-0.1, -0.05) is 12.7 Å². The lowest BCUT2D eigenvalue weighted by Crippen LogP contribution is -2.35. The predicted molar refractivity (Wildman–Crippen MR) is 132 cm³/mol. The molecular formula is C28H36O4. The highest BCUT2D eigenvalue weighted by atomic mass is 16.6.